The van der Waals surface area contributed by atoms with E-state index in [1.54, 1.807) is 25.1 Å². The Kier molecular flexibility index (Phi) is 5.36. The Labute approximate surface area is 136 Å². The third kappa shape index (κ3) is 3.44. The SMILES string of the molecule is CCNC(c1ccc(Cl)c(Br)c1)c1c(F)ccc(C)c1F. The molecule has 0 aliphatic heterocycles. The van der Waals surface area contributed by atoms with Crippen LogP contribution in [0.1, 0.15) is 29.7 Å². The normalized spacial score (nSPS) is 12.5. The van der Waals surface area contributed by atoms with Crippen molar-refractivity contribution in [2.45, 2.75) is 19.9 Å². The molecule has 0 saturated carbocycles. The number of halogens is 4. The van der Waals surface area contributed by atoms with Crippen molar-refractivity contribution in [2.24, 2.45) is 0 Å². The second-order valence-corrected chi connectivity index (χ2v) is 6.02. The van der Waals surface area contributed by atoms with Crippen molar-refractivity contribution in [2.75, 3.05) is 6.54 Å². The number of nitrogens with one attached hydrogen (secondary N) is 1. The lowest BCUT2D eigenvalue weighted by Gasteiger charge is -2.21. The third-order valence-corrected chi connectivity index (χ3v) is 4.51. The number of hydrogen-bond acceptors (Lipinski definition) is 1. The maximum absolute atomic E-state index is 14.4. The Morgan fingerprint density at radius 1 is 1.24 bits per heavy atom. The lowest BCUT2D eigenvalue weighted by molar-refractivity contribution is 0.506. The molecule has 0 aliphatic rings. The molecule has 0 aliphatic carbocycles. The first kappa shape index (κ1) is 16.4. The lowest BCUT2D eigenvalue weighted by Crippen LogP contribution is -2.24. The van der Waals surface area contributed by atoms with E-state index >= 15 is 0 Å². The van der Waals surface area contributed by atoms with Gasteiger partial charge in [0.2, 0.25) is 0 Å². The van der Waals surface area contributed by atoms with Crippen molar-refractivity contribution in [1.29, 1.82) is 0 Å². The minimum absolute atomic E-state index is 0.0334. The number of aryl methyl sites for hydroxylation is 1. The van der Waals surface area contributed by atoms with Crippen LogP contribution in [0.2, 0.25) is 5.02 Å². The molecule has 21 heavy (non-hydrogen) atoms. The van der Waals surface area contributed by atoms with Gasteiger partial charge in [0.1, 0.15) is 11.6 Å². The predicted molar refractivity (Wildman–Crippen MR) is 85.8 cm³/mol. The summed E-state index contributed by atoms with van der Waals surface area (Å²) in [5.41, 5.74) is 1.20. The summed E-state index contributed by atoms with van der Waals surface area (Å²) >= 11 is 9.32. The van der Waals surface area contributed by atoms with Gasteiger partial charge in [0.15, 0.2) is 0 Å². The zero-order valence-electron chi connectivity index (χ0n) is 11.7. The van der Waals surface area contributed by atoms with Gasteiger partial charge in [-0.3, -0.25) is 0 Å². The highest BCUT2D eigenvalue weighted by Crippen LogP contribution is 2.32. The van der Waals surface area contributed by atoms with Gasteiger partial charge in [0.05, 0.1) is 11.1 Å². The van der Waals surface area contributed by atoms with E-state index in [-0.39, 0.29) is 5.56 Å². The predicted octanol–water partition coefficient (Wildman–Crippen LogP) is 5.39. The van der Waals surface area contributed by atoms with Crippen molar-refractivity contribution in [3.05, 3.63) is 68.2 Å². The molecule has 1 nitrogen and oxygen atoms in total. The van der Waals surface area contributed by atoms with E-state index in [0.29, 0.717) is 21.6 Å². The molecule has 0 aromatic heterocycles. The van der Waals surface area contributed by atoms with Gasteiger partial charge >= 0.3 is 0 Å². The van der Waals surface area contributed by atoms with Crippen LogP contribution in [0.5, 0.6) is 0 Å². The molecule has 5 heteroatoms. The molecular weight excluding hydrogens is 360 g/mol. The maximum Gasteiger partial charge on any atom is 0.134 e. The van der Waals surface area contributed by atoms with Crippen LogP contribution < -0.4 is 5.32 Å². The summed E-state index contributed by atoms with van der Waals surface area (Å²) in [5.74, 6) is -1.08. The summed E-state index contributed by atoms with van der Waals surface area (Å²) in [7, 11) is 0. The summed E-state index contributed by atoms with van der Waals surface area (Å²) < 4.78 is 29.2. The quantitative estimate of drug-likeness (QED) is 0.757. The Hall–Kier alpha value is -0.970. The standard InChI is InChI=1S/C16H15BrClF2N/c1-3-21-16(10-5-6-12(18)11(17)8-10)14-13(19)7-4-9(2)15(14)20/h4-8,16,21H,3H2,1-2H3. The van der Waals surface area contributed by atoms with Gasteiger partial charge in [-0.2, -0.15) is 0 Å². The molecule has 1 N–H and O–H groups in total. The lowest BCUT2D eigenvalue weighted by atomic mass is 9.96. The van der Waals surface area contributed by atoms with E-state index in [0.717, 1.165) is 5.56 Å². The summed E-state index contributed by atoms with van der Waals surface area (Å²) in [5, 5.41) is 3.68. The van der Waals surface area contributed by atoms with E-state index in [2.05, 4.69) is 21.2 Å². The van der Waals surface area contributed by atoms with Crippen LogP contribution in [0.25, 0.3) is 0 Å². The number of hydrogen-bond donors (Lipinski definition) is 1. The second kappa shape index (κ2) is 6.86. The van der Waals surface area contributed by atoms with Crippen LogP contribution in [-0.2, 0) is 0 Å². The third-order valence-electron chi connectivity index (χ3n) is 3.29. The van der Waals surface area contributed by atoms with E-state index in [9.17, 15) is 8.78 Å². The minimum Gasteiger partial charge on any atom is -0.306 e. The van der Waals surface area contributed by atoms with Crippen molar-refractivity contribution in [3.8, 4) is 0 Å². The largest absolute Gasteiger partial charge is 0.306 e. The smallest absolute Gasteiger partial charge is 0.134 e. The minimum atomic E-state index is -0.566. The first-order valence-corrected chi connectivity index (χ1v) is 7.75. The van der Waals surface area contributed by atoms with E-state index in [1.165, 1.54) is 12.1 Å². The molecule has 2 rings (SSSR count). The Balaban J connectivity index is 2.58. The second-order valence-electron chi connectivity index (χ2n) is 4.76. The summed E-state index contributed by atoms with van der Waals surface area (Å²) in [4.78, 5) is 0. The van der Waals surface area contributed by atoms with Crippen LogP contribution in [-0.4, -0.2) is 6.54 Å². The van der Waals surface area contributed by atoms with Crippen molar-refractivity contribution in [3.63, 3.8) is 0 Å². The fourth-order valence-corrected chi connectivity index (χ4v) is 2.74. The first-order chi connectivity index (χ1) is 9.95. The molecule has 0 amide bonds. The van der Waals surface area contributed by atoms with Gasteiger partial charge in [-0.1, -0.05) is 30.7 Å². The Morgan fingerprint density at radius 3 is 2.57 bits per heavy atom. The molecule has 0 spiro atoms. The van der Waals surface area contributed by atoms with Crippen LogP contribution in [0.15, 0.2) is 34.8 Å². The highest BCUT2D eigenvalue weighted by molar-refractivity contribution is 9.10. The molecule has 0 saturated heterocycles. The van der Waals surface area contributed by atoms with Crippen molar-refractivity contribution < 1.29 is 8.78 Å². The number of benzene rings is 2. The van der Waals surface area contributed by atoms with Crippen molar-refractivity contribution in [1.82, 2.24) is 5.32 Å². The molecule has 2 aromatic carbocycles. The van der Waals surface area contributed by atoms with E-state index in [4.69, 9.17) is 11.6 Å². The van der Waals surface area contributed by atoms with Crippen LogP contribution in [0, 0.1) is 18.6 Å². The zero-order valence-corrected chi connectivity index (χ0v) is 14.0. The average Bonchev–Trinajstić information content (AvgIpc) is 2.45. The van der Waals surface area contributed by atoms with Gasteiger partial charge in [0.25, 0.3) is 0 Å². The van der Waals surface area contributed by atoms with E-state index < -0.39 is 17.7 Å². The molecule has 1 unspecified atom stereocenters. The molecular formula is C16H15BrClF2N. The zero-order chi connectivity index (χ0) is 15.6. The monoisotopic (exact) mass is 373 g/mol. The van der Waals surface area contributed by atoms with Gasteiger partial charge in [-0.15, -0.1) is 0 Å². The van der Waals surface area contributed by atoms with Gasteiger partial charge in [-0.25, -0.2) is 8.78 Å². The molecule has 0 heterocycles. The van der Waals surface area contributed by atoms with Gasteiger partial charge in [-0.05, 0) is 58.7 Å². The van der Waals surface area contributed by atoms with Gasteiger partial charge < -0.3 is 5.32 Å². The van der Waals surface area contributed by atoms with Crippen LogP contribution >= 0.6 is 27.5 Å². The summed E-state index contributed by atoms with van der Waals surface area (Å²) in [6, 6.07) is 7.41. The van der Waals surface area contributed by atoms with Crippen molar-refractivity contribution >= 4 is 27.5 Å². The molecule has 0 bridgehead atoms. The van der Waals surface area contributed by atoms with Crippen LogP contribution in [0.4, 0.5) is 8.78 Å². The summed E-state index contributed by atoms with van der Waals surface area (Å²) in [6.07, 6.45) is 0. The Morgan fingerprint density at radius 2 is 1.95 bits per heavy atom. The van der Waals surface area contributed by atoms with Gasteiger partial charge in [0, 0.05) is 10.0 Å². The van der Waals surface area contributed by atoms with E-state index in [1.807, 2.05) is 6.92 Å². The molecule has 0 radical (unpaired) electrons. The Bertz CT molecular complexity index is 661. The maximum atomic E-state index is 14.4. The number of rotatable bonds is 4. The average molecular weight is 375 g/mol. The first-order valence-electron chi connectivity index (χ1n) is 6.58. The fraction of sp³-hybridized carbons (Fsp3) is 0.250. The highest BCUT2D eigenvalue weighted by Gasteiger charge is 2.23. The fourth-order valence-electron chi connectivity index (χ4n) is 2.23. The molecule has 1 atom stereocenters. The topological polar surface area (TPSA) is 12.0 Å². The molecule has 0 fully saturated rings. The summed E-state index contributed by atoms with van der Waals surface area (Å²) in [6.45, 7) is 4.10. The molecule has 112 valence electrons. The highest BCUT2D eigenvalue weighted by atomic mass is 79.9. The van der Waals surface area contributed by atoms with Crippen LogP contribution in [0.3, 0.4) is 0 Å². The molecule has 2 aromatic rings.